The number of urea groups is 1. The minimum atomic E-state index is -0.923. The van der Waals surface area contributed by atoms with E-state index in [4.69, 9.17) is 5.11 Å². The molecule has 0 aliphatic carbocycles. The lowest BCUT2D eigenvalue weighted by Crippen LogP contribution is -2.45. The van der Waals surface area contributed by atoms with Gasteiger partial charge in [-0.15, -0.1) is 0 Å². The van der Waals surface area contributed by atoms with E-state index in [0.29, 0.717) is 16.6 Å². The Morgan fingerprint density at radius 1 is 1.40 bits per heavy atom. The molecule has 0 spiro atoms. The lowest BCUT2D eigenvalue weighted by molar-refractivity contribution is -0.137. The fraction of sp³-hybridized carbons (Fsp3) is 0.385. The van der Waals surface area contributed by atoms with Crippen molar-refractivity contribution < 1.29 is 19.1 Å². The summed E-state index contributed by atoms with van der Waals surface area (Å²) in [5.41, 5.74) is -0.376. The molecule has 0 aliphatic rings. The minimum absolute atomic E-state index is 0.0447. The molecule has 1 aromatic carbocycles. The van der Waals surface area contributed by atoms with Crippen LogP contribution in [0.2, 0.25) is 0 Å². The van der Waals surface area contributed by atoms with Crippen molar-refractivity contribution in [2.24, 2.45) is 0 Å². The van der Waals surface area contributed by atoms with Crippen LogP contribution in [0.1, 0.15) is 26.7 Å². The molecule has 0 aromatic heterocycles. The first kappa shape index (κ1) is 16.4. The molecule has 0 saturated carbocycles. The minimum Gasteiger partial charge on any atom is -0.481 e. The summed E-state index contributed by atoms with van der Waals surface area (Å²) in [7, 11) is 0. The third-order valence-corrected chi connectivity index (χ3v) is 3.28. The van der Waals surface area contributed by atoms with Crippen LogP contribution in [0.4, 0.5) is 14.9 Å². The van der Waals surface area contributed by atoms with Gasteiger partial charge in [0.05, 0.1) is 5.69 Å². The standard InChI is InChI=1S/C13H16BrFN2O3/c1-13(2,6-5-11(18)19)17-12(20)16-10-7-8(15)3-4-9(10)14/h3-4,7H,5-6H2,1-2H3,(H,18,19)(H2,16,17,20). The monoisotopic (exact) mass is 346 g/mol. The van der Waals surface area contributed by atoms with E-state index in [1.54, 1.807) is 13.8 Å². The van der Waals surface area contributed by atoms with E-state index in [2.05, 4.69) is 26.6 Å². The maximum absolute atomic E-state index is 13.1. The number of anilines is 1. The maximum Gasteiger partial charge on any atom is 0.319 e. The van der Waals surface area contributed by atoms with Crippen LogP contribution in [0.5, 0.6) is 0 Å². The van der Waals surface area contributed by atoms with Crippen LogP contribution < -0.4 is 10.6 Å². The van der Waals surface area contributed by atoms with Gasteiger partial charge in [0.2, 0.25) is 0 Å². The van der Waals surface area contributed by atoms with E-state index < -0.39 is 23.4 Å². The van der Waals surface area contributed by atoms with Crippen molar-refractivity contribution in [1.82, 2.24) is 5.32 Å². The predicted molar refractivity (Wildman–Crippen MR) is 77.2 cm³/mol. The third kappa shape index (κ3) is 5.56. The quantitative estimate of drug-likeness (QED) is 0.764. The van der Waals surface area contributed by atoms with Crippen molar-refractivity contribution in [3.05, 3.63) is 28.5 Å². The molecule has 1 rings (SSSR count). The van der Waals surface area contributed by atoms with E-state index in [0.717, 1.165) is 0 Å². The van der Waals surface area contributed by atoms with Gasteiger partial charge in [0.25, 0.3) is 0 Å². The average molecular weight is 347 g/mol. The number of amides is 2. The van der Waals surface area contributed by atoms with Crippen LogP contribution in [0.15, 0.2) is 22.7 Å². The molecule has 20 heavy (non-hydrogen) atoms. The molecule has 0 radical (unpaired) electrons. The first-order valence-electron chi connectivity index (χ1n) is 5.95. The van der Waals surface area contributed by atoms with Gasteiger partial charge in [-0.3, -0.25) is 4.79 Å². The number of halogens is 2. The summed E-state index contributed by atoms with van der Waals surface area (Å²) in [5, 5.41) is 13.8. The van der Waals surface area contributed by atoms with E-state index in [1.807, 2.05) is 0 Å². The Hall–Kier alpha value is -1.63. The fourth-order valence-corrected chi connectivity index (χ4v) is 1.88. The van der Waals surface area contributed by atoms with Crippen molar-refractivity contribution in [2.75, 3.05) is 5.32 Å². The Bertz CT molecular complexity index is 520. The Morgan fingerprint density at radius 3 is 2.65 bits per heavy atom. The van der Waals surface area contributed by atoms with Crippen LogP contribution in [0.25, 0.3) is 0 Å². The van der Waals surface area contributed by atoms with Gasteiger partial charge in [0.1, 0.15) is 5.82 Å². The van der Waals surface area contributed by atoms with Gasteiger partial charge in [-0.2, -0.15) is 0 Å². The number of benzene rings is 1. The van der Waals surface area contributed by atoms with E-state index in [9.17, 15) is 14.0 Å². The SMILES string of the molecule is CC(C)(CCC(=O)O)NC(=O)Nc1cc(F)ccc1Br. The van der Waals surface area contributed by atoms with E-state index >= 15 is 0 Å². The van der Waals surface area contributed by atoms with Crippen LogP contribution in [0, 0.1) is 5.82 Å². The fourth-order valence-electron chi connectivity index (χ4n) is 1.54. The summed E-state index contributed by atoms with van der Waals surface area (Å²) in [6, 6.07) is 3.42. The first-order chi connectivity index (χ1) is 9.19. The zero-order valence-corrected chi connectivity index (χ0v) is 12.8. The molecule has 0 aliphatic heterocycles. The molecule has 0 heterocycles. The Labute approximate surface area is 124 Å². The highest BCUT2D eigenvalue weighted by atomic mass is 79.9. The number of carbonyl (C=O) groups excluding carboxylic acids is 1. The lowest BCUT2D eigenvalue weighted by atomic mass is 9.99. The number of carbonyl (C=O) groups is 2. The molecule has 5 nitrogen and oxygen atoms in total. The third-order valence-electron chi connectivity index (χ3n) is 2.59. The number of hydrogen-bond donors (Lipinski definition) is 3. The van der Waals surface area contributed by atoms with Gasteiger partial charge in [0, 0.05) is 16.4 Å². The molecule has 0 saturated heterocycles. The molecule has 0 unspecified atom stereocenters. The number of hydrogen-bond acceptors (Lipinski definition) is 2. The zero-order chi connectivity index (χ0) is 15.3. The predicted octanol–water partition coefficient (Wildman–Crippen LogP) is 3.35. The summed E-state index contributed by atoms with van der Waals surface area (Å²) >= 11 is 3.20. The Balaban J connectivity index is 2.63. The molecule has 1 aromatic rings. The highest BCUT2D eigenvalue weighted by molar-refractivity contribution is 9.10. The second kappa shape index (κ2) is 6.69. The van der Waals surface area contributed by atoms with Crippen LogP contribution in [-0.4, -0.2) is 22.6 Å². The van der Waals surface area contributed by atoms with Crippen molar-refractivity contribution in [3.63, 3.8) is 0 Å². The van der Waals surface area contributed by atoms with Gasteiger partial charge in [-0.1, -0.05) is 0 Å². The van der Waals surface area contributed by atoms with Crippen LogP contribution >= 0.6 is 15.9 Å². The summed E-state index contributed by atoms with van der Waals surface area (Å²) in [6.45, 7) is 3.44. The van der Waals surface area contributed by atoms with Gasteiger partial charge in [0.15, 0.2) is 0 Å². The first-order valence-corrected chi connectivity index (χ1v) is 6.75. The molecule has 0 atom stereocenters. The molecule has 3 N–H and O–H groups in total. The highest BCUT2D eigenvalue weighted by Gasteiger charge is 2.21. The van der Waals surface area contributed by atoms with Crippen LogP contribution in [0.3, 0.4) is 0 Å². The summed E-state index contributed by atoms with van der Waals surface area (Å²) in [4.78, 5) is 22.4. The second-order valence-electron chi connectivity index (χ2n) is 4.98. The van der Waals surface area contributed by atoms with Gasteiger partial charge in [-0.25, -0.2) is 9.18 Å². The molecular weight excluding hydrogens is 331 g/mol. The lowest BCUT2D eigenvalue weighted by Gasteiger charge is -2.25. The molecule has 0 bridgehead atoms. The molecule has 0 fully saturated rings. The number of aliphatic carboxylic acids is 1. The summed E-state index contributed by atoms with van der Waals surface area (Å²) < 4.78 is 13.6. The summed E-state index contributed by atoms with van der Waals surface area (Å²) in [6.07, 6.45) is 0.247. The second-order valence-corrected chi connectivity index (χ2v) is 5.84. The topological polar surface area (TPSA) is 78.4 Å². The van der Waals surface area contributed by atoms with E-state index in [1.165, 1.54) is 18.2 Å². The van der Waals surface area contributed by atoms with Crippen molar-refractivity contribution in [1.29, 1.82) is 0 Å². The van der Waals surface area contributed by atoms with Gasteiger partial charge >= 0.3 is 12.0 Å². The van der Waals surface area contributed by atoms with Crippen LogP contribution in [-0.2, 0) is 4.79 Å². The molecular formula is C13H16BrFN2O3. The number of carboxylic acids is 1. The van der Waals surface area contributed by atoms with Gasteiger partial charge < -0.3 is 15.7 Å². The Kier molecular flexibility index (Phi) is 5.50. The average Bonchev–Trinajstić information content (AvgIpc) is 2.31. The molecule has 2 amide bonds. The van der Waals surface area contributed by atoms with Crippen molar-refractivity contribution in [3.8, 4) is 0 Å². The zero-order valence-electron chi connectivity index (χ0n) is 11.2. The highest BCUT2D eigenvalue weighted by Crippen LogP contribution is 2.23. The Morgan fingerprint density at radius 2 is 2.05 bits per heavy atom. The smallest absolute Gasteiger partial charge is 0.319 e. The van der Waals surface area contributed by atoms with Crippen molar-refractivity contribution in [2.45, 2.75) is 32.2 Å². The van der Waals surface area contributed by atoms with Gasteiger partial charge in [-0.05, 0) is 54.4 Å². The largest absolute Gasteiger partial charge is 0.481 e. The number of nitrogens with one attached hydrogen (secondary N) is 2. The molecule has 110 valence electrons. The normalized spacial score (nSPS) is 11.0. The summed E-state index contributed by atoms with van der Waals surface area (Å²) in [5.74, 6) is -1.39. The number of carboxylic acid groups (broad SMARTS) is 1. The van der Waals surface area contributed by atoms with E-state index in [-0.39, 0.29) is 6.42 Å². The van der Waals surface area contributed by atoms with Crippen molar-refractivity contribution >= 4 is 33.6 Å². The number of rotatable bonds is 5. The molecule has 7 heteroatoms. The maximum atomic E-state index is 13.1.